The molecule has 0 spiro atoms. The van der Waals surface area contributed by atoms with Crippen molar-refractivity contribution in [1.29, 1.82) is 0 Å². The fourth-order valence-electron chi connectivity index (χ4n) is 3.88. The summed E-state index contributed by atoms with van der Waals surface area (Å²) in [6.07, 6.45) is 5.93. The van der Waals surface area contributed by atoms with Crippen LogP contribution in [0.3, 0.4) is 0 Å². The summed E-state index contributed by atoms with van der Waals surface area (Å²) in [5.41, 5.74) is 6.87. The zero-order chi connectivity index (χ0) is 25.5. The van der Waals surface area contributed by atoms with Crippen LogP contribution in [0.1, 0.15) is 37.5 Å². The zero-order valence-electron chi connectivity index (χ0n) is 20.9. The van der Waals surface area contributed by atoms with Gasteiger partial charge in [-0.05, 0) is 86.4 Å². The molecule has 0 bridgehead atoms. The molecule has 0 radical (unpaired) electrons. The summed E-state index contributed by atoms with van der Waals surface area (Å²) in [6.45, 7) is 9.57. The first-order valence-corrected chi connectivity index (χ1v) is 13.0. The predicted molar refractivity (Wildman–Crippen MR) is 136 cm³/mol. The van der Waals surface area contributed by atoms with Gasteiger partial charge in [-0.1, -0.05) is 6.07 Å². The summed E-state index contributed by atoms with van der Waals surface area (Å²) in [5.74, 6) is -0.127. The van der Waals surface area contributed by atoms with E-state index >= 15 is 0 Å². The Morgan fingerprint density at radius 1 is 1.00 bits per heavy atom. The first-order valence-electron chi connectivity index (χ1n) is 11.0. The summed E-state index contributed by atoms with van der Waals surface area (Å²) < 4.78 is 54.8. The molecule has 0 saturated carbocycles. The van der Waals surface area contributed by atoms with E-state index in [9.17, 15) is 17.5 Å². The van der Waals surface area contributed by atoms with Crippen LogP contribution in [0, 0.1) is 6.92 Å². The van der Waals surface area contributed by atoms with Crippen LogP contribution in [-0.4, -0.2) is 36.3 Å². The Morgan fingerprint density at radius 2 is 1.72 bits per heavy atom. The van der Waals surface area contributed by atoms with Crippen molar-refractivity contribution in [1.82, 2.24) is 0 Å². The molecule has 11 heteroatoms. The van der Waals surface area contributed by atoms with Gasteiger partial charge in [0.15, 0.2) is 5.75 Å². The normalized spacial score (nSPS) is 17.1. The first-order chi connectivity index (χ1) is 16.7. The summed E-state index contributed by atoms with van der Waals surface area (Å²) in [5, 5.41) is 3.32. The average molecular weight is 539 g/mol. The Kier molecular flexibility index (Phi) is 11.8. The molecule has 2 aromatic carbocycles. The maximum atomic E-state index is 11.5. The maximum Gasteiger partial charge on any atom is 1.00 e. The van der Waals surface area contributed by atoms with Gasteiger partial charge in [0.25, 0.3) is 0 Å². The van der Waals surface area contributed by atoms with E-state index in [1.807, 2.05) is 64.1 Å². The minimum atomic E-state index is -2.89. The Labute approximate surface area is 238 Å². The Balaban J connectivity index is 0.00000456. The van der Waals surface area contributed by atoms with Gasteiger partial charge in [0, 0.05) is 35.5 Å². The maximum absolute atomic E-state index is 11.5. The van der Waals surface area contributed by atoms with Crippen molar-refractivity contribution in [3.8, 4) is 11.5 Å². The molecule has 1 aliphatic rings. The standard InChI is InChI=1S/C25H28N2O6S2.Na/c1-5-26-22-11-7-18(13-16(22)3)25(19-8-12-23(27-6-2)17(4)14-19)21-10-9-20(32-34(28)29)15-24(21)33-35(30)31;/h7-15,26H,5-6H2,1-4H3,(H,28,29)(H,30,31);/q;+1/p-1/b25-19+,27-23?;. The molecule has 0 heterocycles. The molecule has 0 saturated heterocycles. The average Bonchev–Trinajstić information content (AvgIpc) is 2.78. The third kappa shape index (κ3) is 7.72. The molecule has 2 N–H and O–H groups in total. The molecule has 8 nitrogen and oxygen atoms in total. The molecular formula is C25H27N2NaO6S2. The van der Waals surface area contributed by atoms with Crippen molar-refractivity contribution < 1.29 is 60.4 Å². The van der Waals surface area contributed by atoms with Crippen molar-refractivity contribution in [3.05, 3.63) is 82.5 Å². The van der Waals surface area contributed by atoms with E-state index in [1.54, 1.807) is 6.07 Å². The number of allylic oxidation sites excluding steroid dienone is 5. The van der Waals surface area contributed by atoms with Crippen molar-refractivity contribution in [2.45, 2.75) is 27.7 Å². The molecule has 0 fully saturated rings. The van der Waals surface area contributed by atoms with Crippen molar-refractivity contribution >= 4 is 39.7 Å². The molecule has 0 amide bonds. The number of anilines is 1. The molecule has 2 atom stereocenters. The Hall–Kier alpha value is -2.05. The van der Waals surface area contributed by atoms with E-state index in [2.05, 4.69) is 10.3 Å². The number of aryl methyl sites for hydroxylation is 1. The number of benzene rings is 2. The fraction of sp³-hybridized carbons (Fsp3) is 0.240. The molecular weight excluding hydrogens is 511 g/mol. The minimum absolute atomic E-state index is 0. The van der Waals surface area contributed by atoms with Gasteiger partial charge in [-0.2, -0.15) is 0 Å². The summed E-state index contributed by atoms with van der Waals surface area (Å²) >= 11 is -5.71. The second-order valence-electron chi connectivity index (χ2n) is 7.73. The molecule has 3 rings (SSSR count). The van der Waals surface area contributed by atoms with E-state index in [1.165, 1.54) is 12.1 Å². The molecule has 2 unspecified atom stereocenters. The van der Waals surface area contributed by atoms with E-state index in [-0.39, 0.29) is 41.1 Å². The van der Waals surface area contributed by atoms with Crippen molar-refractivity contribution in [3.63, 3.8) is 0 Å². The summed E-state index contributed by atoms with van der Waals surface area (Å²) in [4.78, 5) is 3.32. The second kappa shape index (κ2) is 14.0. The fourth-order valence-corrected chi connectivity index (χ4v) is 4.42. The van der Waals surface area contributed by atoms with Gasteiger partial charge < -0.3 is 22.8 Å². The van der Waals surface area contributed by atoms with Crippen LogP contribution in [0.5, 0.6) is 11.5 Å². The SMILES string of the molecule is CCNc1ccc(/C(=C2/C=CC(=[NH+]CC)C(C)=C2)c2ccc(OS(=O)[O-])cc2OS(=O)[O-])cc1C.[Na+]. The summed E-state index contributed by atoms with van der Waals surface area (Å²) in [7, 11) is 0. The van der Waals surface area contributed by atoms with Crippen LogP contribution in [0.15, 0.2) is 65.8 Å². The Morgan fingerprint density at radius 3 is 2.31 bits per heavy atom. The minimum Gasteiger partial charge on any atom is -0.740 e. The molecule has 2 aromatic rings. The van der Waals surface area contributed by atoms with Gasteiger partial charge in [0.05, 0.1) is 0 Å². The topological polar surface area (TPSA) is 125 Å². The van der Waals surface area contributed by atoms with Crippen LogP contribution in [0.25, 0.3) is 5.57 Å². The van der Waals surface area contributed by atoms with Crippen LogP contribution in [0.2, 0.25) is 0 Å². The first kappa shape index (κ1) is 30.2. The zero-order valence-corrected chi connectivity index (χ0v) is 24.5. The largest absolute Gasteiger partial charge is 1.00 e. The van der Waals surface area contributed by atoms with E-state index in [4.69, 9.17) is 8.37 Å². The molecule has 0 aromatic heterocycles. The van der Waals surface area contributed by atoms with E-state index in [0.717, 1.165) is 52.3 Å². The number of nitrogens with one attached hydrogen (secondary N) is 2. The van der Waals surface area contributed by atoms with Crippen LogP contribution in [0.4, 0.5) is 5.69 Å². The van der Waals surface area contributed by atoms with Crippen molar-refractivity contribution in [2.24, 2.45) is 0 Å². The second-order valence-corrected chi connectivity index (χ2v) is 8.88. The number of hydrogen-bond acceptors (Lipinski definition) is 7. The molecule has 36 heavy (non-hydrogen) atoms. The van der Waals surface area contributed by atoms with Gasteiger partial charge >= 0.3 is 29.6 Å². The van der Waals surface area contributed by atoms with E-state index < -0.39 is 22.7 Å². The smallest absolute Gasteiger partial charge is 0.740 e. The monoisotopic (exact) mass is 538 g/mol. The molecule has 1 aliphatic carbocycles. The van der Waals surface area contributed by atoms with Gasteiger partial charge in [-0.15, -0.1) is 0 Å². The van der Waals surface area contributed by atoms with E-state index in [0.29, 0.717) is 5.56 Å². The third-order valence-electron chi connectivity index (χ3n) is 5.31. The predicted octanol–water partition coefficient (Wildman–Crippen LogP) is -0.364. The number of hydrogen-bond donors (Lipinski definition) is 2. The van der Waals surface area contributed by atoms with Crippen LogP contribution < -0.4 is 48.2 Å². The van der Waals surface area contributed by atoms with Gasteiger partial charge in [0.2, 0.25) is 5.71 Å². The van der Waals surface area contributed by atoms with Crippen LogP contribution >= 0.6 is 0 Å². The Bertz CT molecular complexity index is 1290. The van der Waals surface area contributed by atoms with Crippen LogP contribution in [-0.2, 0) is 22.7 Å². The summed E-state index contributed by atoms with van der Waals surface area (Å²) in [6, 6.07) is 10.2. The van der Waals surface area contributed by atoms with Gasteiger partial charge in [0.1, 0.15) is 35.0 Å². The quantitative estimate of drug-likeness (QED) is 0.330. The molecule has 0 aliphatic heterocycles. The van der Waals surface area contributed by atoms with Gasteiger partial charge in [-0.25, -0.2) is 13.4 Å². The van der Waals surface area contributed by atoms with Gasteiger partial charge in [-0.3, -0.25) is 0 Å². The number of rotatable bonds is 9. The third-order valence-corrected chi connectivity index (χ3v) is 5.95. The van der Waals surface area contributed by atoms with Crippen molar-refractivity contribution in [2.75, 3.05) is 18.4 Å². The molecule has 186 valence electrons.